The van der Waals surface area contributed by atoms with E-state index in [9.17, 15) is 4.79 Å². The summed E-state index contributed by atoms with van der Waals surface area (Å²) in [5.74, 6) is -0.0363. The Kier molecular flexibility index (Phi) is 5.21. The fraction of sp³-hybridized carbons (Fsp3) is 0.304. The Morgan fingerprint density at radius 1 is 1.10 bits per heavy atom. The molecule has 5 rings (SSSR count). The summed E-state index contributed by atoms with van der Waals surface area (Å²) in [6.45, 7) is 2.22. The highest BCUT2D eigenvalue weighted by atomic mass is 16.5. The number of carbonyl (C=O) groups is 1. The number of hydrogen-bond acceptors (Lipinski definition) is 5. The number of aryl methyl sites for hydroxylation is 1. The van der Waals surface area contributed by atoms with E-state index >= 15 is 0 Å². The van der Waals surface area contributed by atoms with Crippen LogP contribution >= 0.6 is 0 Å². The number of likely N-dealkylation sites (tertiary alicyclic amines) is 1. The maximum absolute atomic E-state index is 13.1. The Morgan fingerprint density at radius 2 is 1.90 bits per heavy atom. The van der Waals surface area contributed by atoms with Crippen LogP contribution in [0.25, 0.3) is 10.9 Å². The maximum Gasteiger partial charge on any atom is 0.275 e. The van der Waals surface area contributed by atoms with Gasteiger partial charge in [0.15, 0.2) is 5.69 Å². The van der Waals surface area contributed by atoms with Gasteiger partial charge in [0.05, 0.1) is 31.0 Å². The molecule has 0 bridgehead atoms. The molecule has 158 valence electrons. The van der Waals surface area contributed by atoms with Gasteiger partial charge < -0.3 is 9.64 Å². The first kappa shape index (κ1) is 19.4. The van der Waals surface area contributed by atoms with Crippen molar-refractivity contribution in [3.05, 3.63) is 77.7 Å². The summed E-state index contributed by atoms with van der Waals surface area (Å²) in [7, 11) is 1.86. The second kappa shape index (κ2) is 8.31. The molecule has 4 aromatic rings. The third-order valence-corrected chi connectivity index (χ3v) is 5.70. The van der Waals surface area contributed by atoms with E-state index in [1.807, 2.05) is 77.4 Å². The zero-order valence-corrected chi connectivity index (χ0v) is 17.4. The molecule has 1 aliphatic heterocycles. The molecule has 0 N–H and O–H groups in total. The van der Waals surface area contributed by atoms with Gasteiger partial charge in [0.25, 0.3) is 5.91 Å². The van der Waals surface area contributed by atoms with E-state index in [1.54, 1.807) is 4.68 Å². The van der Waals surface area contributed by atoms with E-state index in [1.165, 1.54) is 0 Å². The second-order valence-corrected chi connectivity index (χ2v) is 7.85. The van der Waals surface area contributed by atoms with Gasteiger partial charge in [-0.05, 0) is 18.1 Å². The van der Waals surface area contributed by atoms with Crippen molar-refractivity contribution in [1.82, 2.24) is 29.7 Å². The molecule has 1 aliphatic rings. The Hall–Kier alpha value is -3.52. The molecule has 1 unspecified atom stereocenters. The summed E-state index contributed by atoms with van der Waals surface area (Å²) in [6, 6.07) is 18.0. The monoisotopic (exact) mass is 416 g/mol. The highest BCUT2D eigenvalue weighted by molar-refractivity contribution is 6.04. The Morgan fingerprint density at radius 3 is 2.77 bits per heavy atom. The Bertz CT molecular complexity index is 1200. The first-order chi connectivity index (χ1) is 15.2. The lowest BCUT2D eigenvalue weighted by atomic mass is 10.2. The minimum absolute atomic E-state index is 0.0363. The molecule has 1 fully saturated rings. The van der Waals surface area contributed by atoms with E-state index in [2.05, 4.69) is 15.4 Å². The van der Waals surface area contributed by atoms with Crippen molar-refractivity contribution in [1.29, 1.82) is 0 Å². The van der Waals surface area contributed by atoms with Gasteiger partial charge in [0.2, 0.25) is 0 Å². The van der Waals surface area contributed by atoms with E-state index in [0.29, 0.717) is 32.0 Å². The van der Waals surface area contributed by atoms with Gasteiger partial charge in [-0.15, -0.1) is 5.10 Å². The molecule has 3 heterocycles. The van der Waals surface area contributed by atoms with E-state index in [0.717, 1.165) is 28.6 Å². The van der Waals surface area contributed by atoms with Crippen LogP contribution in [-0.2, 0) is 25.0 Å². The van der Waals surface area contributed by atoms with Crippen molar-refractivity contribution in [2.75, 3.05) is 13.1 Å². The summed E-state index contributed by atoms with van der Waals surface area (Å²) in [5.41, 5.74) is 3.38. The summed E-state index contributed by atoms with van der Waals surface area (Å²) in [6.07, 6.45) is 2.75. The van der Waals surface area contributed by atoms with Gasteiger partial charge in [0.1, 0.15) is 5.69 Å². The van der Waals surface area contributed by atoms with Gasteiger partial charge in [-0.2, -0.15) is 5.10 Å². The summed E-state index contributed by atoms with van der Waals surface area (Å²) in [5, 5.41) is 13.9. The van der Waals surface area contributed by atoms with Crippen LogP contribution in [0.2, 0.25) is 0 Å². The minimum Gasteiger partial charge on any atom is -0.370 e. The molecule has 1 saturated heterocycles. The maximum atomic E-state index is 13.1. The van der Waals surface area contributed by atoms with E-state index < -0.39 is 0 Å². The number of fused-ring (bicyclic) bond motifs is 1. The van der Waals surface area contributed by atoms with Crippen molar-refractivity contribution < 1.29 is 9.53 Å². The molecule has 8 heteroatoms. The van der Waals surface area contributed by atoms with Crippen LogP contribution in [0.4, 0.5) is 0 Å². The summed E-state index contributed by atoms with van der Waals surface area (Å²) in [4.78, 5) is 15.0. The van der Waals surface area contributed by atoms with Gasteiger partial charge >= 0.3 is 0 Å². The van der Waals surface area contributed by atoms with Crippen molar-refractivity contribution in [2.24, 2.45) is 7.05 Å². The van der Waals surface area contributed by atoms with Crippen molar-refractivity contribution in [2.45, 2.75) is 25.7 Å². The fourth-order valence-corrected chi connectivity index (χ4v) is 4.07. The summed E-state index contributed by atoms with van der Waals surface area (Å²) >= 11 is 0. The molecule has 0 saturated carbocycles. The molecule has 2 aromatic heterocycles. The first-order valence-corrected chi connectivity index (χ1v) is 10.4. The molecule has 0 spiro atoms. The lowest BCUT2D eigenvalue weighted by molar-refractivity contribution is 0.0782. The number of amides is 1. The molecule has 2 aromatic carbocycles. The SMILES string of the molecule is Cn1nc(C(=O)N2CCC(n3cc(COCc4ccccc4)nn3)C2)c2ccccc21. The number of hydrogen-bond donors (Lipinski definition) is 0. The van der Waals surface area contributed by atoms with Crippen molar-refractivity contribution >= 4 is 16.8 Å². The Labute approximate surface area is 180 Å². The lowest BCUT2D eigenvalue weighted by Gasteiger charge is -2.15. The zero-order chi connectivity index (χ0) is 21.2. The molecule has 1 amide bonds. The largest absolute Gasteiger partial charge is 0.370 e. The predicted octanol–water partition coefficient (Wildman–Crippen LogP) is 2.97. The first-order valence-electron chi connectivity index (χ1n) is 10.4. The average molecular weight is 416 g/mol. The van der Waals surface area contributed by atoms with Crippen LogP contribution in [-0.4, -0.2) is 48.7 Å². The molecule has 0 aliphatic carbocycles. The van der Waals surface area contributed by atoms with E-state index in [-0.39, 0.29) is 11.9 Å². The molecular weight excluding hydrogens is 392 g/mol. The topological polar surface area (TPSA) is 78.1 Å². The van der Waals surface area contributed by atoms with Crippen LogP contribution in [0, 0.1) is 0 Å². The number of benzene rings is 2. The van der Waals surface area contributed by atoms with E-state index in [4.69, 9.17) is 4.74 Å². The van der Waals surface area contributed by atoms with Gasteiger partial charge in [-0.25, -0.2) is 4.68 Å². The molecule has 31 heavy (non-hydrogen) atoms. The lowest BCUT2D eigenvalue weighted by Crippen LogP contribution is -2.29. The number of nitrogens with zero attached hydrogens (tertiary/aromatic N) is 6. The highest BCUT2D eigenvalue weighted by Crippen LogP contribution is 2.25. The third kappa shape index (κ3) is 3.94. The van der Waals surface area contributed by atoms with Crippen LogP contribution < -0.4 is 0 Å². The highest BCUT2D eigenvalue weighted by Gasteiger charge is 2.31. The van der Waals surface area contributed by atoms with Gasteiger partial charge in [-0.3, -0.25) is 9.48 Å². The van der Waals surface area contributed by atoms with Crippen LogP contribution in [0.15, 0.2) is 60.8 Å². The van der Waals surface area contributed by atoms with Gasteiger partial charge in [-0.1, -0.05) is 53.7 Å². The number of ether oxygens (including phenoxy) is 1. The number of rotatable bonds is 6. The predicted molar refractivity (Wildman–Crippen MR) is 115 cm³/mol. The zero-order valence-electron chi connectivity index (χ0n) is 17.4. The molecular formula is C23H24N6O2. The second-order valence-electron chi connectivity index (χ2n) is 7.85. The summed E-state index contributed by atoms with van der Waals surface area (Å²) < 4.78 is 9.36. The van der Waals surface area contributed by atoms with Gasteiger partial charge in [0, 0.05) is 25.5 Å². The van der Waals surface area contributed by atoms with Crippen LogP contribution in [0.5, 0.6) is 0 Å². The minimum atomic E-state index is -0.0363. The van der Waals surface area contributed by atoms with Crippen LogP contribution in [0.3, 0.4) is 0 Å². The standard InChI is InChI=1S/C23H24N6O2/c1-27-21-10-6-5-9-20(21)22(25-27)23(30)28-12-11-19(14-28)29-13-18(24-26-29)16-31-15-17-7-3-2-4-8-17/h2-10,13,19H,11-12,14-16H2,1H3. The molecule has 0 radical (unpaired) electrons. The fourth-order valence-electron chi connectivity index (χ4n) is 4.07. The van der Waals surface area contributed by atoms with Crippen molar-refractivity contribution in [3.8, 4) is 0 Å². The smallest absolute Gasteiger partial charge is 0.275 e. The molecule has 8 nitrogen and oxygen atoms in total. The number of aromatic nitrogens is 5. The third-order valence-electron chi connectivity index (χ3n) is 5.70. The number of carbonyl (C=O) groups excluding carboxylic acids is 1. The Balaban J connectivity index is 1.21. The average Bonchev–Trinajstić information content (AvgIpc) is 3.53. The molecule has 1 atom stereocenters. The number of para-hydroxylation sites is 1. The van der Waals surface area contributed by atoms with Crippen molar-refractivity contribution in [3.63, 3.8) is 0 Å². The quantitative estimate of drug-likeness (QED) is 0.483. The normalized spacial score (nSPS) is 16.3. The van der Waals surface area contributed by atoms with Crippen LogP contribution in [0.1, 0.15) is 34.2 Å².